The third-order valence-electron chi connectivity index (χ3n) is 2.73. The number of nitrogens with zero attached hydrogens (tertiary/aromatic N) is 2. The Bertz CT molecular complexity index is 681. The highest BCUT2D eigenvalue weighted by molar-refractivity contribution is 5.58. The number of nitriles is 1. The van der Waals surface area contributed by atoms with Gasteiger partial charge in [-0.05, 0) is 24.3 Å². The van der Waals surface area contributed by atoms with Crippen molar-refractivity contribution in [1.29, 1.82) is 5.26 Å². The van der Waals surface area contributed by atoms with Gasteiger partial charge in [-0.2, -0.15) is 5.26 Å². The zero-order valence-electron chi connectivity index (χ0n) is 11.3. The van der Waals surface area contributed by atoms with Crippen LogP contribution in [0.2, 0.25) is 0 Å². The molecule has 0 aliphatic heterocycles. The van der Waals surface area contributed by atoms with Crippen LogP contribution >= 0.6 is 0 Å². The summed E-state index contributed by atoms with van der Waals surface area (Å²) in [5.41, 5.74) is 2.29. The number of halogens is 1. The van der Waals surface area contributed by atoms with Crippen molar-refractivity contribution in [2.24, 2.45) is 0 Å². The van der Waals surface area contributed by atoms with E-state index in [9.17, 15) is 4.39 Å². The van der Waals surface area contributed by atoms with E-state index in [0.717, 1.165) is 11.3 Å². The van der Waals surface area contributed by atoms with Crippen molar-refractivity contribution in [2.45, 2.75) is 0 Å². The molecule has 2 nitrogen and oxygen atoms in total. The minimum atomic E-state index is -0.458. The van der Waals surface area contributed by atoms with Gasteiger partial charge >= 0.3 is 0 Å². The molecule has 0 spiro atoms. The van der Waals surface area contributed by atoms with Crippen molar-refractivity contribution in [3.05, 3.63) is 90.4 Å². The highest BCUT2D eigenvalue weighted by Crippen LogP contribution is 2.14. The monoisotopic (exact) mass is 276 g/mol. The average Bonchev–Trinajstić information content (AvgIpc) is 2.58. The first-order chi connectivity index (χ1) is 10.3. The summed E-state index contributed by atoms with van der Waals surface area (Å²) in [6, 6.07) is 23.7. The van der Waals surface area contributed by atoms with Gasteiger partial charge in [0.2, 0.25) is 0 Å². The van der Waals surface area contributed by atoms with Gasteiger partial charge in [-0.1, -0.05) is 48.5 Å². The summed E-state index contributed by atoms with van der Waals surface area (Å²) in [7, 11) is 0. The number of pyridine rings is 1. The lowest BCUT2D eigenvalue weighted by molar-refractivity contribution is 0.624. The van der Waals surface area contributed by atoms with Crippen LogP contribution in [0.1, 0.15) is 5.56 Å². The first-order valence-corrected chi connectivity index (χ1v) is 6.42. The van der Waals surface area contributed by atoms with Crippen LogP contribution in [-0.4, -0.2) is 4.98 Å². The van der Waals surface area contributed by atoms with Gasteiger partial charge in [-0.15, -0.1) is 0 Å². The minimum Gasteiger partial charge on any atom is -0.256 e. The predicted octanol–water partition coefficient (Wildman–Crippen LogP) is 4.45. The van der Waals surface area contributed by atoms with E-state index < -0.39 is 5.82 Å². The Morgan fingerprint density at radius 3 is 2.05 bits per heavy atom. The zero-order chi connectivity index (χ0) is 14.9. The van der Waals surface area contributed by atoms with E-state index in [1.165, 1.54) is 12.1 Å². The molecule has 0 aliphatic carbocycles. The molecule has 0 atom stereocenters. The van der Waals surface area contributed by atoms with Gasteiger partial charge < -0.3 is 0 Å². The first kappa shape index (κ1) is 14.4. The van der Waals surface area contributed by atoms with Crippen molar-refractivity contribution in [2.75, 3.05) is 0 Å². The Labute approximate surface area is 123 Å². The normalized spacial score (nSPS) is 9.14. The van der Waals surface area contributed by atoms with Gasteiger partial charge in [0.05, 0.1) is 11.3 Å². The highest BCUT2D eigenvalue weighted by atomic mass is 19.1. The van der Waals surface area contributed by atoms with E-state index in [1.807, 2.05) is 42.6 Å². The molecular formula is C18H13FN2. The summed E-state index contributed by atoms with van der Waals surface area (Å²) < 4.78 is 12.4. The molecule has 0 bridgehead atoms. The van der Waals surface area contributed by atoms with E-state index in [1.54, 1.807) is 18.2 Å². The number of aromatic nitrogens is 1. The third kappa shape index (κ3) is 4.26. The van der Waals surface area contributed by atoms with Gasteiger partial charge in [-0.25, -0.2) is 4.39 Å². The summed E-state index contributed by atoms with van der Waals surface area (Å²) >= 11 is 0. The maximum absolute atomic E-state index is 12.4. The summed E-state index contributed by atoms with van der Waals surface area (Å²) in [5.74, 6) is -0.458. The lowest BCUT2D eigenvalue weighted by atomic mass is 10.1. The second-order valence-electron chi connectivity index (χ2n) is 4.17. The molecule has 1 aromatic heterocycles. The number of rotatable bonds is 1. The van der Waals surface area contributed by atoms with Crippen LogP contribution in [0.4, 0.5) is 4.39 Å². The second-order valence-corrected chi connectivity index (χ2v) is 4.17. The molecule has 0 N–H and O–H groups in total. The second kappa shape index (κ2) is 7.56. The topological polar surface area (TPSA) is 36.7 Å². The van der Waals surface area contributed by atoms with Crippen molar-refractivity contribution < 1.29 is 4.39 Å². The van der Waals surface area contributed by atoms with Crippen LogP contribution in [0.5, 0.6) is 0 Å². The fraction of sp³-hybridized carbons (Fsp3) is 0. The fourth-order valence-electron chi connectivity index (χ4n) is 1.69. The van der Waals surface area contributed by atoms with Crippen molar-refractivity contribution >= 4 is 0 Å². The molecule has 0 unspecified atom stereocenters. The van der Waals surface area contributed by atoms with Crippen molar-refractivity contribution in [3.63, 3.8) is 0 Å². The van der Waals surface area contributed by atoms with Crippen LogP contribution in [0.3, 0.4) is 0 Å². The molecular weight excluding hydrogens is 263 g/mol. The average molecular weight is 276 g/mol. The summed E-state index contributed by atoms with van der Waals surface area (Å²) in [6.07, 6.45) is 1.81. The fourth-order valence-corrected chi connectivity index (χ4v) is 1.69. The number of hydrogen-bond donors (Lipinski definition) is 0. The molecule has 3 aromatic rings. The molecule has 2 aromatic carbocycles. The van der Waals surface area contributed by atoms with Gasteiger partial charge in [0.1, 0.15) is 11.9 Å². The Balaban J connectivity index is 0.000000161. The molecule has 0 saturated heterocycles. The van der Waals surface area contributed by atoms with Crippen LogP contribution < -0.4 is 0 Å². The van der Waals surface area contributed by atoms with Gasteiger partial charge in [0, 0.05) is 11.8 Å². The molecule has 1 heterocycles. The third-order valence-corrected chi connectivity index (χ3v) is 2.73. The maximum Gasteiger partial charge on any atom is 0.140 e. The smallest absolute Gasteiger partial charge is 0.140 e. The molecule has 0 aliphatic rings. The van der Waals surface area contributed by atoms with Crippen molar-refractivity contribution in [1.82, 2.24) is 4.98 Å². The van der Waals surface area contributed by atoms with Crippen LogP contribution in [0.15, 0.2) is 79.0 Å². The lowest BCUT2D eigenvalue weighted by Gasteiger charge is -1.97. The Morgan fingerprint density at radius 1 is 0.810 bits per heavy atom. The van der Waals surface area contributed by atoms with Crippen LogP contribution in [0, 0.1) is 17.1 Å². The minimum absolute atomic E-state index is 0.0949. The molecule has 0 radical (unpaired) electrons. The van der Waals surface area contributed by atoms with Crippen LogP contribution in [-0.2, 0) is 0 Å². The number of benzene rings is 2. The van der Waals surface area contributed by atoms with Gasteiger partial charge in [-0.3, -0.25) is 4.98 Å². The van der Waals surface area contributed by atoms with E-state index in [0.29, 0.717) is 0 Å². The molecule has 102 valence electrons. The standard InChI is InChI=1S/C11H9N.C7H4FN/c1-2-6-10(7-3-1)11-8-4-5-9-12-11;8-7-4-2-1-3-6(7)5-9/h1-9H;1-4H. The van der Waals surface area contributed by atoms with E-state index in [4.69, 9.17) is 5.26 Å². The molecule has 0 saturated carbocycles. The quantitative estimate of drug-likeness (QED) is 0.658. The molecule has 0 amide bonds. The first-order valence-electron chi connectivity index (χ1n) is 6.42. The predicted molar refractivity (Wildman–Crippen MR) is 80.8 cm³/mol. The molecule has 21 heavy (non-hydrogen) atoms. The van der Waals surface area contributed by atoms with Crippen molar-refractivity contribution in [3.8, 4) is 17.3 Å². The van der Waals surface area contributed by atoms with E-state index in [-0.39, 0.29) is 5.56 Å². The van der Waals surface area contributed by atoms with Gasteiger partial charge in [0.15, 0.2) is 0 Å². The van der Waals surface area contributed by atoms with Crippen LogP contribution in [0.25, 0.3) is 11.3 Å². The zero-order valence-corrected chi connectivity index (χ0v) is 11.3. The molecule has 3 heteroatoms. The summed E-state index contributed by atoms with van der Waals surface area (Å²) in [6.45, 7) is 0. The Hall–Kier alpha value is -2.99. The summed E-state index contributed by atoms with van der Waals surface area (Å²) in [5, 5.41) is 8.23. The number of hydrogen-bond acceptors (Lipinski definition) is 2. The highest BCUT2D eigenvalue weighted by Gasteiger charge is 1.95. The van der Waals surface area contributed by atoms with E-state index in [2.05, 4.69) is 17.1 Å². The molecule has 3 rings (SSSR count). The SMILES string of the molecule is N#Cc1ccccc1F.c1ccc(-c2ccccn2)cc1. The lowest BCUT2D eigenvalue weighted by Crippen LogP contribution is -1.79. The molecule has 0 fully saturated rings. The Morgan fingerprint density at radius 2 is 1.48 bits per heavy atom. The van der Waals surface area contributed by atoms with Gasteiger partial charge in [0.25, 0.3) is 0 Å². The Kier molecular flexibility index (Phi) is 5.19. The summed E-state index contributed by atoms with van der Waals surface area (Å²) in [4.78, 5) is 4.25. The maximum atomic E-state index is 12.4. The van der Waals surface area contributed by atoms with E-state index >= 15 is 0 Å². The largest absolute Gasteiger partial charge is 0.256 e.